The first-order valence-corrected chi connectivity index (χ1v) is 8.40. The number of hydrogen-bond acceptors (Lipinski definition) is 5. The van der Waals surface area contributed by atoms with Gasteiger partial charge in [0.1, 0.15) is 5.60 Å². The van der Waals surface area contributed by atoms with E-state index in [-0.39, 0.29) is 17.9 Å². The predicted molar refractivity (Wildman–Crippen MR) is 86.0 cm³/mol. The van der Waals surface area contributed by atoms with Crippen molar-refractivity contribution in [2.75, 3.05) is 26.2 Å². The summed E-state index contributed by atoms with van der Waals surface area (Å²) in [6, 6.07) is -0.0665. The Kier molecular flexibility index (Phi) is 5.86. The van der Waals surface area contributed by atoms with Gasteiger partial charge in [0.15, 0.2) is 0 Å². The maximum Gasteiger partial charge on any atom is 0.407 e. The van der Waals surface area contributed by atoms with Gasteiger partial charge in [-0.25, -0.2) is 4.79 Å². The van der Waals surface area contributed by atoms with Crippen LogP contribution in [0.2, 0.25) is 0 Å². The largest absolute Gasteiger partial charge is 0.444 e. The average molecular weight is 327 g/mol. The maximum absolute atomic E-state index is 12.4. The number of likely N-dealkylation sites (tertiary alicyclic amines) is 1. The Morgan fingerprint density at radius 1 is 1.35 bits per heavy atom. The van der Waals surface area contributed by atoms with Crippen LogP contribution < -0.4 is 10.6 Å². The van der Waals surface area contributed by atoms with Crippen LogP contribution in [0.4, 0.5) is 4.79 Å². The number of ether oxygens (including phenoxy) is 1. The first-order valence-electron chi connectivity index (χ1n) is 8.40. The first-order chi connectivity index (χ1) is 10.7. The molecule has 132 valence electrons. The van der Waals surface area contributed by atoms with Crippen LogP contribution in [0.5, 0.6) is 0 Å². The van der Waals surface area contributed by atoms with Gasteiger partial charge in [-0.3, -0.25) is 4.79 Å². The molecule has 2 rings (SSSR count). The molecule has 2 fully saturated rings. The Balaban J connectivity index is 1.75. The van der Waals surface area contributed by atoms with E-state index in [1.807, 2.05) is 20.8 Å². The second-order valence-electron chi connectivity index (χ2n) is 7.50. The van der Waals surface area contributed by atoms with E-state index in [4.69, 9.17) is 4.74 Å². The molecule has 0 aromatic carbocycles. The number of nitrogens with one attached hydrogen (secondary N) is 2. The molecule has 0 aliphatic carbocycles. The number of carbonyl (C=O) groups excluding carboxylic acids is 2. The minimum Gasteiger partial charge on any atom is -0.444 e. The number of aliphatic hydroxyl groups excluding tert-OH is 1. The highest BCUT2D eigenvalue weighted by Gasteiger charge is 2.32. The molecule has 7 heteroatoms. The molecule has 0 saturated carbocycles. The molecule has 2 aliphatic heterocycles. The summed E-state index contributed by atoms with van der Waals surface area (Å²) in [6.07, 6.45) is 0.937. The molecule has 0 radical (unpaired) electrons. The highest BCUT2D eigenvalue weighted by Crippen LogP contribution is 2.19. The van der Waals surface area contributed by atoms with E-state index in [1.165, 1.54) is 0 Å². The molecule has 3 atom stereocenters. The van der Waals surface area contributed by atoms with Gasteiger partial charge in [0, 0.05) is 32.0 Å². The van der Waals surface area contributed by atoms with Crippen molar-refractivity contribution in [1.29, 1.82) is 0 Å². The average Bonchev–Trinajstić information content (AvgIpc) is 2.87. The maximum atomic E-state index is 12.4. The minimum absolute atomic E-state index is 0.0193. The molecule has 2 heterocycles. The third kappa shape index (κ3) is 5.66. The van der Waals surface area contributed by atoms with Crippen LogP contribution in [0.3, 0.4) is 0 Å². The van der Waals surface area contributed by atoms with Crippen molar-refractivity contribution in [3.8, 4) is 0 Å². The lowest BCUT2D eigenvalue weighted by atomic mass is 9.92. The monoisotopic (exact) mass is 327 g/mol. The molecule has 2 aliphatic rings. The Morgan fingerprint density at radius 2 is 2.09 bits per heavy atom. The molecule has 0 spiro atoms. The highest BCUT2D eigenvalue weighted by molar-refractivity contribution is 5.77. The summed E-state index contributed by atoms with van der Waals surface area (Å²) in [5.41, 5.74) is -0.525. The fourth-order valence-corrected chi connectivity index (χ4v) is 3.05. The molecule has 2 unspecified atom stereocenters. The summed E-state index contributed by atoms with van der Waals surface area (Å²) < 4.78 is 5.24. The Morgan fingerprint density at radius 3 is 2.74 bits per heavy atom. The Bertz CT molecular complexity index is 436. The van der Waals surface area contributed by atoms with Crippen molar-refractivity contribution in [1.82, 2.24) is 15.5 Å². The highest BCUT2D eigenvalue weighted by atomic mass is 16.6. The van der Waals surface area contributed by atoms with Crippen molar-refractivity contribution in [3.05, 3.63) is 0 Å². The van der Waals surface area contributed by atoms with Gasteiger partial charge >= 0.3 is 6.09 Å². The molecule has 0 aromatic heterocycles. The Hall–Kier alpha value is -1.34. The summed E-state index contributed by atoms with van der Waals surface area (Å²) in [4.78, 5) is 25.9. The summed E-state index contributed by atoms with van der Waals surface area (Å²) in [6.45, 7) is 8.09. The fraction of sp³-hybridized carbons (Fsp3) is 0.875. The van der Waals surface area contributed by atoms with Crippen LogP contribution in [-0.2, 0) is 9.53 Å². The topological polar surface area (TPSA) is 90.9 Å². The zero-order valence-electron chi connectivity index (χ0n) is 14.3. The zero-order valence-corrected chi connectivity index (χ0v) is 14.3. The van der Waals surface area contributed by atoms with Gasteiger partial charge in [0.05, 0.1) is 12.1 Å². The van der Waals surface area contributed by atoms with Crippen LogP contribution in [0.15, 0.2) is 0 Å². The van der Waals surface area contributed by atoms with E-state index in [0.29, 0.717) is 32.5 Å². The summed E-state index contributed by atoms with van der Waals surface area (Å²) in [5, 5.41) is 16.0. The molecule has 3 N–H and O–H groups in total. The van der Waals surface area contributed by atoms with E-state index in [9.17, 15) is 14.7 Å². The van der Waals surface area contributed by atoms with Crippen LogP contribution in [0.1, 0.15) is 40.0 Å². The molecular weight excluding hydrogens is 298 g/mol. The van der Waals surface area contributed by atoms with Crippen molar-refractivity contribution in [3.63, 3.8) is 0 Å². The quantitative estimate of drug-likeness (QED) is 0.701. The molecular formula is C16H29N3O4. The summed E-state index contributed by atoms with van der Waals surface area (Å²) in [5.74, 6) is 0.0281. The van der Waals surface area contributed by atoms with E-state index in [1.54, 1.807) is 4.90 Å². The van der Waals surface area contributed by atoms with Gasteiger partial charge in [-0.15, -0.1) is 0 Å². The number of hydrogen-bond donors (Lipinski definition) is 3. The number of amides is 2. The third-order valence-electron chi connectivity index (χ3n) is 4.27. The molecule has 23 heavy (non-hydrogen) atoms. The predicted octanol–water partition coefficient (Wildman–Crippen LogP) is 0.473. The lowest BCUT2D eigenvalue weighted by Crippen LogP contribution is -2.44. The van der Waals surface area contributed by atoms with E-state index in [2.05, 4.69) is 10.6 Å². The van der Waals surface area contributed by atoms with Crippen LogP contribution in [0.25, 0.3) is 0 Å². The molecule has 0 aromatic rings. The van der Waals surface area contributed by atoms with Gasteiger partial charge in [0.25, 0.3) is 0 Å². The standard InChI is InChI=1S/C16H29N3O4/c1-16(2,3)23-15(22)18-12-5-7-19(10-12)14(21)8-11-9-17-6-4-13(11)20/h11-13,17,20H,4-10H2,1-3H3,(H,18,22)/t11?,12-,13?/m1/s1. The van der Waals surface area contributed by atoms with E-state index < -0.39 is 17.8 Å². The Labute approximate surface area is 137 Å². The second kappa shape index (κ2) is 7.49. The number of piperidine rings is 1. The third-order valence-corrected chi connectivity index (χ3v) is 4.27. The van der Waals surface area contributed by atoms with Crippen molar-refractivity contribution < 1.29 is 19.4 Å². The SMILES string of the molecule is CC(C)(C)OC(=O)N[C@@H]1CCN(C(=O)CC2CNCCC2O)C1. The zero-order chi connectivity index (χ0) is 17.0. The summed E-state index contributed by atoms with van der Waals surface area (Å²) in [7, 11) is 0. The number of nitrogens with zero attached hydrogens (tertiary/aromatic N) is 1. The van der Waals surface area contributed by atoms with E-state index in [0.717, 1.165) is 13.0 Å². The fourth-order valence-electron chi connectivity index (χ4n) is 3.05. The van der Waals surface area contributed by atoms with Crippen molar-refractivity contribution in [2.45, 2.75) is 57.8 Å². The molecule has 0 bridgehead atoms. The van der Waals surface area contributed by atoms with Crippen LogP contribution >= 0.6 is 0 Å². The normalized spacial score (nSPS) is 28.5. The van der Waals surface area contributed by atoms with Gasteiger partial charge in [-0.2, -0.15) is 0 Å². The number of rotatable bonds is 3. The number of alkyl carbamates (subject to hydrolysis) is 1. The minimum atomic E-state index is -0.525. The lowest BCUT2D eigenvalue weighted by Gasteiger charge is -2.29. The molecule has 7 nitrogen and oxygen atoms in total. The van der Waals surface area contributed by atoms with Crippen LogP contribution in [0, 0.1) is 5.92 Å². The first kappa shape index (κ1) is 18.0. The lowest BCUT2D eigenvalue weighted by molar-refractivity contribution is -0.132. The van der Waals surface area contributed by atoms with Crippen molar-refractivity contribution in [2.24, 2.45) is 5.92 Å². The van der Waals surface area contributed by atoms with Gasteiger partial charge in [-0.1, -0.05) is 0 Å². The summed E-state index contributed by atoms with van der Waals surface area (Å²) >= 11 is 0. The number of aliphatic hydroxyl groups is 1. The number of carbonyl (C=O) groups is 2. The van der Waals surface area contributed by atoms with Gasteiger partial charge < -0.3 is 25.4 Å². The molecule has 2 amide bonds. The van der Waals surface area contributed by atoms with E-state index >= 15 is 0 Å². The van der Waals surface area contributed by atoms with Crippen LogP contribution in [-0.4, -0.2) is 65.9 Å². The molecule has 2 saturated heterocycles. The van der Waals surface area contributed by atoms with Gasteiger partial charge in [0.2, 0.25) is 5.91 Å². The second-order valence-corrected chi connectivity index (χ2v) is 7.50. The van der Waals surface area contributed by atoms with Crippen molar-refractivity contribution >= 4 is 12.0 Å². The van der Waals surface area contributed by atoms with Gasteiger partial charge in [-0.05, 0) is 40.2 Å². The smallest absolute Gasteiger partial charge is 0.407 e.